The molecule has 0 N–H and O–H groups in total. The van der Waals surface area contributed by atoms with Gasteiger partial charge < -0.3 is 0 Å². The number of nitrogens with zero attached hydrogens (tertiary/aromatic N) is 3. The predicted octanol–water partition coefficient (Wildman–Crippen LogP) is 2.71. The van der Waals surface area contributed by atoms with Gasteiger partial charge in [0.25, 0.3) is 0 Å². The van der Waals surface area contributed by atoms with Crippen molar-refractivity contribution in [1.29, 1.82) is 0 Å². The van der Waals surface area contributed by atoms with Crippen LogP contribution >= 0.6 is 27.3 Å². The number of rotatable bonds is 1. The van der Waals surface area contributed by atoms with Gasteiger partial charge in [-0.05, 0) is 35.8 Å². The summed E-state index contributed by atoms with van der Waals surface area (Å²) >= 11 is 4.89. The Morgan fingerprint density at radius 3 is 2.69 bits per heavy atom. The first-order valence-electron chi connectivity index (χ1n) is 3.81. The molecule has 68 valence electrons. The highest BCUT2D eigenvalue weighted by Gasteiger charge is 2.06. The first kappa shape index (κ1) is 8.90. The lowest BCUT2D eigenvalue weighted by Gasteiger charge is -1.96. The molecule has 3 nitrogen and oxygen atoms in total. The van der Waals surface area contributed by atoms with Gasteiger partial charge in [0.05, 0.1) is 5.69 Å². The van der Waals surface area contributed by atoms with Crippen molar-refractivity contribution in [3.8, 4) is 5.13 Å². The van der Waals surface area contributed by atoms with Gasteiger partial charge in [0, 0.05) is 11.1 Å². The Bertz CT molecular complexity index is 432. The molecule has 0 aliphatic carbocycles. The number of thiazole rings is 1. The van der Waals surface area contributed by atoms with Gasteiger partial charge in [-0.1, -0.05) is 0 Å². The average Bonchev–Trinajstić information content (AvgIpc) is 2.58. The maximum Gasteiger partial charge on any atom is 0.211 e. The molecule has 0 aliphatic rings. The predicted molar refractivity (Wildman–Crippen MR) is 56.4 cm³/mol. The quantitative estimate of drug-likeness (QED) is 0.787. The Balaban J connectivity index is 2.51. The van der Waals surface area contributed by atoms with E-state index < -0.39 is 0 Å². The Kier molecular flexibility index (Phi) is 2.21. The van der Waals surface area contributed by atoms with Crippen LogP contribution in [0.5, 0.6) is 0 Å². The average molecular weight is 258 g/mol. The van der Waals surface area contributed by atoms with Gasteiger partial charge >= 0.3 is 0 Å². The molecule has 0 aromatic carbocycles. The highest BCUT2D eigenvalue weighted by Crippen LogP contribution is 2.19. The van der Waals surface area contributed by atoms with Crippen LogP contribution < -0.4 is 0 Å². The second-order valence-electron chi connectivity index (χ2n) is 2.79. The van der Waals surface area contributed by atoms with E-state index in [4.69, 9.17) is 0 Å². The molecule has 13 heavy (non-hydrogen) atoms. The molecule has 0 saturated heterocycles. The first-order valence-corrected chi connectivity index (χ1v) is 5.49. The van der Waals surface area contributed by atoms with Crippen LogP contribution in [0.3, 0.4) is 0 Å². The van der Waals surface area contributed by atoms with Crippen LogP contribution in [0, 0.1) is 13.8 Å². The van der Waals surface area contributed by atoms with Gasteiger partial charge in [0.1, 0.15) is 4.60 Å². The molecule has 0 spiro atoms. The van der Waals surface area contributed by atoms with E-state index in [2.05, 4.69) is 26.0 Å². The minimum atomic E-state index is 0.861. The summed E-state index contributed by atoms with van der Waals surface area (Å²) in [6.45, 7) is 4.00. The molecule has 0 unspecified atom stereocenters. The van der Waals surface area contributed by atoms with Crippen molar-refractivity contribution < 1.29 is 0 Å². The zero-order chi connectivity index (χ0) is 9.42. The smallest absolute Gasteiger partial charge is 0.211 e. The molecule has 5 heteroatoms. The summed E-state index contributed by atoms with van der Waals surface area (Å²) in [5.74, 6) is 0. The van der Waals surface area contributed by atoms with E-state index in [1.54, 1.807) is 11.3 Å². The minimum Gasteiger partial charge on any atom is -0.211 e. The van der Waals surface area contributed by atoms with Crippen molar-refractivity contribution in [3.63, 3.8) is 0 Å². The molecule has 2 heterocycles. The van der Waals surface area contributed by atoms with E-state index in [0.29, 0.717) is 0 Å². The lowest BCUT2D eigenvalue weighted by molar-refractivity contribution is 0.823. The van der Waals surface area contributed by atoms with Crippen molar-refractivity contribution in [2.24, 2.45) is 0 Å². The molecule has 0 amide bonds. The summed E-state index contributed by atoms with van der Waals surface area (Å²) in [5, 5.41) is 7.19. The van der Waals surface area contributed by atoms with Gasteiger partial charge in [-0.2, -0.15) is 5.10 Å². The Labute approximate surface area is 88.6 Å². The van der Waals surface area contributed by atoms with E-state index in [0.717, 1.165) is 21.1 Å². The number of aryl methyl sites for hydroxylation is 2. The summed E-state index contributed by atoms with van der Waals surface area (Å²) in [6, 6.07) is 2.04. The van der Waals surface area contributed by atoms with E-state index >= 15 is 0 Å². The minimum absolute atomic E-state index is 0.861. The lowest BCUT2D eigenvalue weighted by atomic mass is 10.4. The van der Waals surface area contributed by atoms with Crippen LogP contribution in [-0.2, 0) is 0 Å². The standard InChI is InChI=1S/C8H8BrN3S/c1-5-3-6(2)12(11-5)8-10-7(9)4-13-8/h3-4H,1-2H3. The Hall–Kier alpha value is -0.680. The zero-order valence-corrected chi connectivity index (χ0v) is 9.69. The second kappa shape index (κ2) is 3.23. The summed E-state index contributed by atoms with van der Waals surface area (Å²) in [6.07, 6.45) is 0. The molecule has 0 saturated carbocycles. The topological polar surface area (TPSA) is 30.7 Å². The van der Waals surface area contributed by atoms with Gasteiger partial charge in [-0.25, -0.2) is 9.67 Å². The highest BCUT2D eigenvalue weighted by molar-refractivity contribution is 9.10. The van der Waals surface area contributed by atoms with Crippen molar-refractivity contribution in [2.45, 2.75) is 13.8 Å². The Morgan fingerprint density at radius 2 is 2.23 bits per heavy atom. The van der Waals surface area contributed by atoms with Crippen molar-refractivity contribution in [1.82, 2.24) is 14.8 Å². The van der Waals surface area contributed by atoms with E-state index in [9.17, 15) is 0 Å². The fourth-order valence-electron chi connectivity index (χ4n) is 1.17. The molecule has 0 aliphatic heterocycles. The van der Waals surface area contributed by atoms with Crippen LogP contribution in [0.2, 0.25) is 0 Å². The molecule has 2 aromatic rings. The molecule has 2 aromatic heterocycles. The molecule has 2 rings (SSSR count). The van der Waals surface area contributed by atoms with Crippen LogP contribution in [0.1, 0.15) is 11.4 Å². The van der Waals surface area contributed by atoms with Gasteiger partial charge in [-0.3, -0.25) is 0 Å². The SMILES string of the molecule is Cc1cc(C)n(-c2nc(Br)cs2)n1. The Morgan fingerprint density at radius 1 is 1.46 bits per heavy atom. The first-order chi connectivity index (χ1) is 6.16. The van der Waals surface area contributed by atoms with Gasteiger partial charge in [-0.15, -0.1) is 11.3 Å². The van der Waals surface area contributed by atoms with Crippen LogP contribution in [-0.4, -0.2) is 14.8 Å². The van der Waals surface area contributed by atoms with E-state index in [-0.39, 0.29) is 0 Å². The normalized spacial score (nSPS) is 10.7. The monoisotopic (exact) mass is 257 g/mol. The lowest BCUT2D eigenvalue weighted by Crippen LogP contribution is -1.97. The summed E-state index contributed by atoms with van der Waals surface area (Å²) < 4.78 is 2.71. The van der Waals surface area contributed by atoms with E-state index in [1.807, 2.05) is 30.0 Å². The highest BCUT2D eigenvalue weighted by atomic mass is 79.9. The number of aromatic nitrogens is 3. The third-order valence-corrected chi connectivity index (χ3v) is 3.18. The zero-order valence-electron chi connectivity index (χ0n) is 7.28. The molecule has 0 fully saturated rings. The van der Waals surface area contributed by atoms with Crippen molar-refractivity contribution in [2.75, 3.05) is 0 Å². The van der Waals surface area contributed by atoms with Gasteiger partial charge in [0.2, 0.25) is 5.13 Å². The van der Waals surface area contributed by atoms with Crippen LogP contribution in [0.15, 0.2) is 16.0 Å². The summed E-state index contributed by atoms with van der Waals surface area (Å²) in [4.78, 5) is 4.29. The molecule has 0 atom stereocenters. The third-order valence-electron chi connectivity index (χ3n) is 1.65. The molecule has 0 bridgehead atoms. The maximum atomic E-state index is 4.34. The second-order valence-corrected chi connectivity index (χ2v) is 4.44. The molecular weight excluding hydrogens is 250 g/mol. The van der Waals surface area contributed by atoms with Crippen molar-refractivity contribution in [3.05, 3.63) is 27.4 Å². The summed E-state index contributed by atoms with van der Waals surface area (Å²) in [5.41, 5.74) is 2.13. The fourth-order valence-corrected chi connectivity index (χ4v) is 2.42. The molecular formula is C8H8BrN3S. The van der Waals surface area contributed by atoms with Gasteiger partial charge in [0.15, 0.2) is 0 Å². The number of hydrogen-bond acceptors (Lipinski definition) is 3. The summed E-state index contributed by atoms with van der Waals surface area (Å²) in [7, 11) is 0. The third kappa shape index (κ3) is 1.66. The number of hydrogen-bond donors (Lipinski definition) is 0. The molecule has 0 radical (unpaired) electrons. The maximum absolute atomic E-state index is 4.34. The number of halogens is 1. The van der Waals surface area contributed by atoms with Crippen molar-refractivity contribution >= 4 is 27.3 Å². The van der Waals surface area contributed by atoms with Crippen LogP contribution in [0.4, 0.5) is 0 Å². The van der Waals surface area contributed by atoms with E-state index in [1.165, 1.54) is 0 Å². The fraction of sp³-hybridized carbons (Fsp3) is 0.250. The van der Waals surface area contributed by atoms with Crippen LogP contribution in [0.25, 0.3) is 5.13 Å². The largest absolute Gasteiger partial charge is 0.211 e.